The number of hydrazine groups is 1. The highest BCUT2D eigenvalue weighted by Gasteiger charge is 2.12. The Hall–Kier alpha value is -0.940. The number of hydrogen-bond acceptors (Lipinski definition) is 2. The predicted octanol–water partition coefficient (Wildman–Crippen LogP) is 3.99. The van der Waals surface area contributed by atoms with Crippen LogP contribution in [0.1, 0.15) is 17.2 Å². The SMILES string of the molecule is NNC(Cc1ccc(F)cc1Br)c1ccc(Cl)cc1. The van der Waals surface area contributed by atoms with Gasteiger partial charge in [-0.25, -0.2) is 4.39 Å². The number of hydrogen-bond donors (Lipinski definition) is 2. The zero-order chi connectivity index (χ0) is 13.8. The molecule has 0 heterocycles. The molecular weight excluding hydrogens is 331 g/mol. The fourth-order valence-electron chi connectivity index (χ4n) is 1.88. The molecule has 0 aromatic heterocycles. The highest BCUT2D eigenvalue weighted by atomic mass is 79.9. The summed E-state index contributed by atoms with van der Waals surface area (Å²) in [5, 5.41) is 0.683. The molecule has 0 bridgehead atoms. The monoisotopic (exact) mass is 342 g/mol. The van der Waals surface area contributed by atoms with Gasteiger partial charge in [0.05, 0.1) is 6.04 Å². The van der Waals surface area contributed by atoms with Crippen LogP contribution in [0.2, 0.25) is 5.02 Å². The van der Waals surface area contributed by atoms with Gasteiger partial charge in [-0.3, -0.25) is 11.3 Å². The molecule has 0 radical (unpaired) electrons. The molecule has 0 aliphatic carbocycles. The molecule has 0 aliphatic heterocycles. The minimum Gasteiger partial charge on any atom is -0.271 e. The summed E-state index contributed by atoms with van der Waals surface area (Å²) in [6, 6.07) is 12.1. The third-order valence-corrected chi connectivity index (χ3v) is 3.90. The smallest absolute Gasteiger partial charge is 0.124 e. The Labute approximate surface area is 124 Å². The lowest BCUT2D eigenvalue weighted by atomic mass is 9.99. The number of nitrogens with two attached hydrogens (primary N) is 1. The van der Waals surface area contributed by atoms with Crippen molar-refractivity contribution in [3.8, 4) is 0 Å². The molecule has 0 saturated carbocycles. The van der Waals surface area contributed by atoms with E-state index in [0.29, 0.717) is 11.4 Å². The third-order valence-electron chi connectivity index (χ3n) is 2.91. The first-order chi connectivity index (χ1) is 9.10. The molecule has 2 rings (SSSR count). The Bertz CT molecular complexity index is 560. The predicted molar refractivity (Wildman–Crippen MR) is 79.3 cm³/mol. The molecule has 2 nitrogen and oxygen atoms in total. The van der Waals surface area contributed by atoms with E-state index in [1.807, 2.05) is 24.3 Å². The van der Waals surface area contributed by atoms with Gasteiger partial charge in [0, 0.05) is 9.50 Å². The number of nitrogens with one attached hydrogen (secondary N) is 1. The van der Waals surface area contributed by atoms with Gasteiger partial charge in [0.15, 0.2) is 0 Å². The minimum atomic E-state index is -0.264. The van der Waals surface area contributed by atoms with Crippen LogP contribution < -0.4 is 11.3 Å². The second kappa shape index (κ2) is 6.48. The first kappa shape index (κ1) is 14.5. The van der Waals surface area contributed by atoms with Crippen LogP contribution in [0.4, 0.5) is 4.39 Å². The van der Waals surface area contributed by atoms with Crippen molar-refractivity contribution in [3.05, 3.63) is 68.9 Å². The zero-order valence-corrected chi connectivity index (χ0v) is 12.4. The molecule has 1 unspecified atom stereocenters. The van der Waals surface area contributed by atoms with Crippen LogP contribution in [0, 0.1) is 5.82 Å². The maximum absolute atomic E-state index is 13.0. The highest BCUT2D eigenvalue weighted by Crippen LogP contribution is 2.25. The van der Waals surface area contributed by atoms with E-state index in [4.69, 9.17) is 17.4 Å². The summed E-state index contributed by atoms with van der Waals surface area (Å²) in [6.07, 6.45) is 0.652. The first-order valence-electron chi connectivity index (χ1n) is 5.75. The molecule has 0 saturated heterocycles. The van der Waals surface area contributed by atoms with Gasteiger partial charge in [-0.05, 0) is 41.8 Å². The molecule has 1 atom stereocenters. The maximum Gasteiger partial charge on any atom is 0.124 e. The molecule has 0 aliphatic rings. The van der Waals surface area contributed by atoms with Gasteiger partial charge in [0.2, 0.25) is 0 Å². The largest absolute Gasteiger partial charge is 0.271 e. The maximum atomic E-state index is 13.0. The van der Waals surface area contributed by atoms with Crippen molar-refractivity contribution in [1.82, 2.24) is 5.43 Å². The van der Waals surface area contributed by atoms with E-state index in [-0.39, 0.29) is 11.9 Å². The Kier molecular flexibility index (Phi) is 4.93. The van der Waals surface area contributed by atoms with Crippen LogP contribution in [0.25, 0.3) is 0 Å². The lowest BCUT2D eigenvalue weighted by molar-refractivity contribution is 0.550. The molecule has 5 heteroatoms. The third kappa shape index (κ3) is 3.76. The van der Waals surface area contributed by atoms with Gasteiger partial charge in [0.25, 0.3) is 0 Å². The second-order valence-corrected chi connectivity index (χ2v) is 5.50. The fourth-order valence-corrected chi connectivity index (χ4v) is 2.51. The first-order valence-corrected chi connectivity index (χ1v) is 6.93. The average Bonchev–Trinajstić information content (AvgIpc) is 2.39. The molecule has 3 N–H and O–H groups in total. The quantitative estimate of drug-likeness (QED) is 0.651. The molecule has 2 aromatic rings. The van der Waals surface area contributed by atoms with Gasteiger partial charge in [-0.1, -0.05) is 45.7 Å². The lowest BCUT2D eigenvalue weighted by Crippen LogP contribution is -2.29. The number of rotatable bonds is 4. The summed E-state index contributed by atoms with van der Waals surface area (Å²) in [5.74, 6) is 5.33. The van der Waals surface area contributed by atoms with Crippen molar-refractivity contribution < 1.29 is 4.39 Å². The number of benzene rings is 2. The molecule has 0 spiro atoms. The van der Waals surface area contributed by atoms with Crippen molar-refractivity contribution in [2.45, 2.75) is 12.5 Å². The van der Waals surface area contributed by atoms with E-state index in [0.717, 1.165) is 15.6 Å². The Morgan fingerprint density at radius 1 is 1.21 bits per heavy atom. The molecular formula is C14H13BrClFN2. The van der Waals surface area contributed by atoms with Crippen molar-refractivity contribution in [1.29, 1.82) is 0 Å². The van der Waals surface area contributed by atoms with E-state index in [2.05, 4.69) is 21.4 Å². The van der Waals surface area contributed by atoms with Gasteiger partial charge in [-0.2, -0.15) is 0 Å². The van der Waals surface area contributed by atoms with E-state index < -0.39 is 0 Å². The summed E-state index contributed by atoms with van der Waals surface area (Å²) in [5.41, 5.74) is 4.79. The van der Waals surface area contributed by atoms with Crippen LogP contribution in [0.5, 0.6) is 0 Å². The van der Waals surface area contributed by atoms with E-state index >= 15 is 0 Å². The van der Waals surface area contributed by atoms with Gasteiger partial charge < -0.3 is 0 Å². The van der Waals surface area contributed by atoms with Crippen LogP contribution >= 0.6 is 27.5 Å². The Balaban J connectivity index is 2.21. The van der Waals surface area contributed by atoms with Gasteiger partial charge >= 0.3 is 0 Å². The van der Waals surface area contributed by atoms with Crippen LogP contribution in [-0.2, 0) is 6.42 Å². The van der Waals surface area contributed by atoms with E-state index in [9.17, 15) is 4.39 Å². The van der Waals surface area contributed by atoms with Crippen LogP contribution in [0.15, 0.2) is 46.9 Å². The molecule has 0 fully saturated rings. The van der Waals surface area contributed by atoms with Gasteiger partial charge in [-0.15, -0.1) is 0 Å². The summed E-state index contributed by atoms with van der Waals surface area (Å²) in [6.45, 7) is 0. The Morgan fingerprint density at radius 3 is 2.47 bits per heavy atom. The Morgan fingerprint density at radius 2 is 1.89 bits per heavy atom. The van der Waals surface area contributed by atoms with E-state index in [1.165, 1.54) is 12.1 Å². The number of halogens is 3. The standard InChI is InChI=1S/C14H13BrClFN2/c15-13-8-12(17)6-3-10(13)7-14(19-18)9-1-4-11(16)5-2-9/h1-6,8,14,19H,7,18H2. The highest BCUT2D eigenvalue weighted by molar-refractivity contribution is 9.10. The van der Waals surface area contributed by atoms with Crippen molar-refractivity contribution in [2.24, 2.45) is 5.84 Å². The van der Waals surface area contributed by atoms with Crippen LogP contribution in [0.3, 0.4) is 0 Å². The molecule has 2 aromatic carbocycles. The minimum absolute atomic E-state index is 0.0565. The summed E-state index contributed by atoms with van der Waals surface area (Å²) < 4.78 is 13.8. The fraction of sp³-hybridized carbons (Fsp3) is 0.143. The normalized spacial score (nSPS) is 12.4. The van der Waals surface area contributed by atoms with Crippen molar-refractivity contribution in [2.75, 3.05) is 0 Å². The molecule has 100 valence electrons. The van der Waals surface area contributed by atoms with Crippen molar-refractivity contribution >= 4 is 27.5 Å². The molecule has 0 amide bonds. The van der Waals surface area contributed by atoms with E-state index in [1.54, 1.807) is 6.07 Å². The summed E-state index contributed by atoms with van der Waals surface area (Å²) >= 11 is 9.22. The average molecular weight is 344 g/mol. The zero-order valence-electron chi connectivity index (χ0n) is 10.0. The second-order valence-electron chi connectivity index (χ2n) is 4.21. The summed E-state index contributed by atoms with van der Waals surface area (Å²) in [7, 11) is 0. The van der Waals surface area contributed by atoms with Gasteiger partial charge in [0.1, 0.15) is 5.82 Å². The summed E-state index contributed by atoms with van der Waals surface area (Å²) in [4.78, 5) is 0. The molecule has 19 heavy (non-hydrogen) atoms. The van der Waals surface area contributed by atoms with Crippen molar-refractivity contribution in [3.63, 3.8) is 0 Å². The lowest BCUT2D eigenvalue weighted by Gasteiger charge is -2.17. The van der Waals surface area contributed by atoms with Crippen LogP contribution in [-0.4, -0.2) is 0 Å². The topological polar surface area (TPSA) is 38.0 Å².